The fourth-order valence-corrected chi connectivity index (χ4v) is 3.69. The zero-order valence-corrected chi connectivity index (χ0v) is 13.6. The average Bonchev–Trinajstić information content (AvgIpc) is 3.24. The molecule has 1 fully saturated rings. The molecule has 2 aromatic heterocycles. The first-order chi connectivity index (χ1) is 10.7. The molecule has 2 aromatic rings. The van der Waals surface area contributed by atoms with Crippen LogP contribution in [-0.4, -0.2) is 59.0 Å². The highest BCUT2D eigenvalue weighted by Gasteiger charge is 2.32. The Kier molecular flexibility index (Phi) is 4.44. The van der Waals surface area contributed by atoms with Crippen LogP contribution in [0.3, 0.4) is 0 Å². The second-order valence-corrected chi connectivity index (χ2v) is 6.10. The Bertz CT molecular complexity index is 625. The molecule has 1 aliphatic heterocycles. The Labute approximate surface area is 133 Å². The van der Waals surface area contributed by atoms with Crippen molar-refractivity contribution in [1.82, 2.24) is 19.8 Å². The summed E-state index contributed by atoms with van der Waals surface area (Å²) in [6.45, 7) is 5.29. The summed E-state index contributed by atoms with van der Waals surface area (Å²) in [5.74, 6) is 1.61. The highest BCUT2D eigenvalue weighted by molar-refractivity contribution is 7.12. The van der Waals surface area contributed by atoms with E-state index < -0.39 is 0 Å². The standard InChI is InChI=1S/C15H20N4O2S/c1-3-18-7-8-19(10-11(18)14-16-5-6-17-14)15(20)13-12(21-2)4-9-22-13/h4-6,9,11H,3,7-8,10H2,1-2H3,(H,16,17)/t11-/m1/s1. The lowest BCUT2D eigenvalue weighted by Gasteiger charge is -2.39. The highest BCUT2D eigenvalue weighted by Crippen LogP contribution is 2.29. The van der Waals surface area contributed by atoms with E-state index in [1.807, 2.05) is 22.5 Å². The predicted octanol–water partition coefficient (Wildman–Crippen LogP) is 2.00. The Hall–Kier alpha value is -1.86. The number of hydrogen-bond acceptors (Lipinski definition) is 5. The van der Waals surface area contributed by atoms with Crippen LogP contribution in [0.15, 0.2) is 23.8 Å². The van der Waals surface area contributed by atoms with E-state index in [0.717, 1.165) is 25.5 Å². The zero-order valence-electron chi connectivity index (χ0n) is 12.8. The Morgan fingerprint density at radius 1 is 1.55 bits per heavy atom. The molecule has 0 unspecified atom stereocenters. The lowest BCUT2D eigenvalue weighted by Crippen LogP contribution is -2.50. The topological polar surface area (TPSA) is 61.5 Å². The third kappa shape index (κ3) is 2.74. The molecule has 1 N–H and O–H groups in total. The molecule has 22 heavy (non-hydrogen) atoms. The van der Waals surface area contributed by atoms with Crippen molar-refractivity contribution in [3.63, 3.8) is 0 Å². The normalized spacial score (nSPS) is 19.4. The molecule has 1 aliphatic rings. The summed E-state index contributed by atoms with van der Waals surface area (Å²) >= 11 is 1.43. The van der Waals surface area contributed by atoms with Gasteiger partial charge in [0.2, 0.25) is 0 Å². The molecule has 0 spiro atoms. The van der Waals surface area contributed by atoms with Gasteiger partial charge in [0.05, 0.1) is 13.2 Å². The van der Waals surface area contributed by atoms with Crippen molar-refractivity contribution in [2.75, 3.05) is 33.3 Å². The van der Waals surface area contributed by atoms with E-state index in [0.29, 0.717) is 17.2 Å². The van der Waals surface area contributed by atoms with Crippen molar-refractivity contribution in [2.45, 2.75) is 13.0 Å². The fourth-order valence-electron chi connectivity index (χ4n) is 2.86. The molecule has 0 radical (unpaired) electrons. The van der Waals surface area contributed by atoms with E-state index in [2.05, 4.69) is 21.8 Å². The van der Waals surface area contributed by atoms with Crippen LogP contribution >= 0.6 is 11.3 Å². The summed E-state index contributed by atoms with van der Waals surface area (Å²) in [7, 11) is 1.60. The van der Waals surface area contributed by atoms with Crippen LogP contribution in [0, 0.1) is 0 Å². The van der Waals surface area contributed by atoms with Crippen molar-refractivity contribution in [2.24, 2.45) is 0 Å². The SMILES string of the molecule is CCN1CCN(C(=O)c2sccc2OC)C[C@@H]1c1ncc[nH]1. The average molecular weight is 320 g/mol. The van der Waals surface area contributed by atoms with Gasteiger partial charge < -0.3 is 14.6 Å². The number of H-pyrrole nitrogens is 1. The van der Waals surface area contributed by atoms with Gasteiger partial charge >= 0.3 is 0 Å². The van der Waals surface area contributed by atoms with E-state index in [1.165, 1.54) is 11.3 Å². The van der Waals surface area contributed by atoms with Crippen molar-refractivity contribution in [3.05, 3.63) is 34.5 Å². The maximum atomic E-state index is 12.8. The van der Waals surface area contributed by atoms with Crippen molar-refractivity contribution >= 4 is 17.2 Å². The van der Waals surface area contributed by atoms with E-state index in [-0.39, 0.29) is 11.9 Å². The van der Waals surface area contributed by atoms with E-state index >= 15 is 0 Å². The molecule has 0 aromatic carbocycles. The summed E-state index contributed by atoms with van der Waals surface area (Å²) < 4.78 is 5.27. The van der Waals surface area contributed by atoms with E-state index in [1.54, 1.807) is 13.3 Å². The lowest BCUT2D eigenvalue weighted by molar-refractivity contribution is 0.0481. The number of aromatic amines is 1. The van der Waals surface area contributed by atoms with Crippen molar-refractivity contribution in [3.8, 4) is 5.75 Å². The summed E-state index contributed by atoms with van der Waals surface area (Å²) in [5, 5.41) is 1.89. The second-order valence-electron chi connectivity index (χ2n) is 5.19. The number of likely N-dealkylation sites (N-methyl/N-ethyl adjacent to an activating group) is 1. The predicted molar refractivity (Wildman–Crippen MR) is 85.4 cm³/mol. The van der Waals surface area contributed by atoms with Crippen molar-refractivity contribution < 1.29 is 9.53 Å². The second kappa shape index (κ2) is 6.50. The third-order valence-corrected chi connectivity index (χ3v) is 4.95. The van der Waals surface area contributed by atoms with Gasteiger partial charge in [-0.05, 0) is 18.0 Å². The summed E-state index contributed by atoms with van der Waals surface area (Å²) in [5.41, 5.74) is 0. The van der Waals surface area contributed by atoms with Gasteiger partial charge in [-0.15, -0.1) is 11.3 Å². The molecule has 118 valence electrons. The van der Waals surface area contributed by atoms with Crippen molar-refractivity contribution in [1.29, 1.82) is 0 Å². The molecular weight excluding hydrogens is 300 g/mol. The van der Waals surface area contributed by atoms with Crippen LogP contribution in [0.2, 0.25) is 0 Å². The van der Waals surface area contributed by atoms with Crippen LogP contribution in [0.4, 0.5) is 0 Å². The molecule has 3 heterocycles. The molecule has 0 saturated carbocycles. The van der Waals surface area contributed by atoms with Gasteiger partial charge in [0.25, 0.3) is 5.91 Å². The molecule has 1 atom stereocenters. The van der Waals surface area contributed by atoms with Crippen LogP contribution in [0.1, 0.15) is 28.5 Å². The number of carbonyl (C=O) groups excluding carboxylic acids is 1. The molecular formula is C15H20N4O2S. The zero-order chi connectivity index (χ0) is 15.5. The summed E-state index contributed by atoms with van der Waals surface area (Å²) in [6.07, 6.45) is 3.58. The number of ether oxygens (including phenoxy) is 1. The van der Waals surface area contributed by atoms with E-state index in [4.69, 9.17) is 4.74 Å². The minimum Gasteiger partial charge on any atom is -0.495 e. The molecule has 0 aliphatic carbocycles. The number of amides is 1. The lowest BCUT2D eigenvalue weighted by atomic mass is 10.1. The quantitative estimate of drug-likeness (QED) is 0.936. The minimum absolute atomic E-state index is 0.0409. The van der Waals surface area contributed by atoms with Crippen LogP contribution in [0.25, 0.3) is 0 Å². The van der Waals surface area contributed by atoms with Crippen LogP contribution < -0.4 is 4.74 Å². The van der Waals surface area contributed by atoms with Gasteiger partial charge in [-0.25, -0.2) is 4.98 Å². The fraction of sp³-hybridized carbons (Fsp3) is 0.467. The first-order valence-corrected chi connectivity index (χ1v) is 8.26. The molecule has 3 rings (SSSR count). The number of aromatic nitrogens is 2. The Balaban J connectivity index is 1.80. The van der Waals surface area contributed by atoms with Crippen LogP contribution in [0.5, 0.6) is 5.75 Å². The number of methoxy groups -OCH3 is 1. The number of imidazole rings is 1. The monoisotopic (exact) mass is 320 g/mol. The molecule has 7 heteroatoms. The first-order valence-electron chi connectivity index (χ1n) is 7.38. The number of nitrogens with zero attached hydrogens (tertiary/aromatic N) is 3. The first kappa shape index (κ1) is 15.1. The Morgan fingerprint density at radius 2 is 2.41 bits per heavy atom. The van der Waals surface area contributed by atoms with Gasteiger partial charge in [-0.2, -0.15) is 0 Å². The minimum atomic E-state index is 0.0409. The van der Waals surface area contributed by atoms with Gasteiger partial charge in [-0.1, -0.05) is 6.92 Å². The van der Waals surface area contributed by atoms with Gasteiger partial charge in [0.1, 0.15) is 16.5 Å². The number of piperazine rings is 1. The third-order valence-electron chi connectivity index (χ3n) is 4.06. The number of hydrogen-bond donors (Lipinski definition) is 1. The summed E-state index contributed by atoms with van der Waals surface area (Å²) in [4.78, 5) is 25.2. The number of rotatable bonds is 4. The van der Waals surface area contributed by atoms with Crippen LogP contribution in [-0.2, 0) is 0 Å². The van der Waals surface area contributed by atoms with Gasteiger partial charge in [-0.3, -0.25) is 9.69 Å². The van der Waals surface area contributed by atoms with E-state index in [9.17, 15) is 4.79 Å². The number of thiophene rings is 1. The maximum absolute atomic E-state index is 12.8. The number of carbonyl (C=O) groups is 1. The largest absolute Gasteiger partial charge is 0.495 e. The smallest absolute Gasteiger partial charge is 0.267 e. The molecule has 0 bridgehead atoms. The summed E-state index contributed by atoms with van der Waals surface area (Å²) in [6, 6.07) is 1.95. The maximum Gasteiger partial charge on any atom is 0.267 e. The van der Waals surface area contributed by atoms with Gasteiger partial charge in [0.15, 0.2) is 0 Å². The number of nitrogens with one attached hydrogen (secondary N) is 1. The molecule has 1 amide bonds. The Morgan fingerprint density at radius 3 is 3.09 bits per heavy atom. The highest BCUT2D eigenvalue weighted by atomic mass is 32.1. The molecule has 1 saturated heterocycles. The van der Waals surface area contributed by atoms with Gasteiger partial charge in [0, 0.05) is 32.0 Å². The molecule has 6 nitrogen and oxygen atoms in total.